The molecule has 4 rings (SSSR count). The maximum atomic E-state index is 13.7. The third-order valence-corrected chi connectivity index (χ3v) is 11.4. The monoisotopic (exact) mass is 587 g/mol. The lowest BCUT2D eigenvalue weighted by Crippen LogP contribution is -2.41. The topological polar surface area (TPSA) is 78.0 Å². The maximum Gasteiger partial charge on any atom is 0.243 e. The van der Waals surface area contributed by atoms with Gasteiger partial charge in [0.1, 0.15) is 0 Å². The summed E-state index contributed by atoms with van der Waals surface area (Å²) in [5.41, 5.74) is 2.50. The first-order valence-electron chi connectivity index (χ1n) is 13.1. The number of aryl methyl sites for hydroxylation is 2. The van der Waals surface area contributed by atoms with Crippen molar-refractivity contribution in [3.63, 3.8) is 0 Å². The Morgan fingerprint density at radius 2 is 1.18 bits per heavy atom. The SMILES string of the molecule is C=C1CN(S(=O)(=O)c2ccc(C)cc2)CCCN(Cc2cccs2)CCCN(S(=O)(=O)c2ccc(C)cc2)C1. The van der Waals surface area contributed by atoms with Gasteiger partial charge >= 0.3 is 0 Å². The van der Waals surface area contributed by atoms with Crippen LogP contribution in [0.5, 0.6) is 0 Å². The molecular weight excluding hydrogens is 551 g/mol. The highest BCUT2D eigenvalue weighted by Gasteiger charge is 2.29. The largest absolute Gasteiger partial charge is 0.298 e. The predicted molar refractivity (Wildman–Crippen MR) is 158 cm³/mol. The van der Waals surface area contributed by atoms with Gasteiger partial charge in [-0.05, 0) is 81.1 Å². The van der Waals surface area contributed by atoms with E-state index in [1.165, 1.54) is 13.5 Å². The number of hydrogen-bond acceptors (Lipinski definition) is 6. The van der Waals surface area contributed by atoms with Crippen molar-refractivity contribution in [2.24, 2.45) is 0 Å². The molecular formula is C29H37N3O4S3. The van der Waals surface area contributed by atoms with Crippen molar-refractivity contribution < 1.29 is 16.8 Å². The van der Waals surface area contributed by atoms with Gasteiger partial charge in [0.2, 0.25) is 20.0 Å². The van der Waals surface area contributed by atoms with Gasteiger partial charge in [-0.3, -0.25) is 4.90 Å². The smallest absolute Gasteiger partial charge is 0.243 e. The standard InChI is InChI=1S/C29H37N3O4S3/c1-24-8-12-28(13-9-24)38(33,34)31-18-5-16-30(23-27-7-4-20-37-27)17-6-19-32(22-26(3)21-31)39(35,36)29-14-10-25(2)11-15-29/h4,7-15,20H,3,5-6,16-19,21-23H2,1-2H3. The fourth-order valence-electron chi connectivity index (χ4n) is 4.67. The Kier molecular flexibility index (Phi) is 9.79. The first kappa shape index (κ1) is 29.6. The van der Waals surface area contributed by atoms with Crippen molar-refractivity contribution >= 4 is 31.4 Å². The summed E-state index contributed by atoms with van der Waals surface area (Å²) in [5, 5.41) is 2.04. The number of thiophene rings is 1. The Balaban J connectivity index is 1.63. The van der Waals surface area contributed by atoms with Crippen molar-refractivity contribution in [2.75, 3.05) is 39.3 Å². The summed E-state index contributed by atoms with van der Waals surface area (Å²) in [6.45, 7) is 10.9. The minimum atomic E-state index is -3.79. The molecule has 2 aromatic carbocycles. The summed E-state index contributed by atoms with van der Waals surface area (Å²) in [6, 6.07) is 17.8. The average molecular weight is 588 g/mol. The Morgan fingerprint density at radius 3 is 1.59 bits per heavy atom. The molecule has 210 valence electrons. The van der Waals surface area contributed by atoms with Crippen molar-refractivity contribution in [3.05, 3.63) is 94.2 Å². The highest BCUT2D eigenvalue weighted by Crippen LogP contribution is 2.22. The fourth-order valence-corrected chi connectivity index (χ4v) is 8.42. The van der Waals surface area contributed by atoms with Gasteiger partial charge in [0.15, 0.2) is 0 Å². The third kappa shape index (κ3) is 7.65. The van der Waals surface area contributed by atoms with E-state index in [9.17, 15) is 16.8 Å². The van der Waals surface area contributed by atoms with Crippen LogP contribution in [0.15, 0.2) is 88.0 Å². The first-order valence-corrected chi connectivity index (χ1v) is 16.9. The zero-order valence-corrected chi connectivity index (χ0v) is 25.1. The lowest BCUT2D eigenvalue weighted by molar-refractivity contribution is 0.240. The van der Waals surface area contributed by atoms with Crippen LogP contribution in [0.1, 0.15) is 28.8 Å². The molecule has 0 saturated carbocycles. The molecule has 1 aliphatic rings. The quantitative estimate of drug-likeness (QED) is 0.384. The maximum absolute atomic E-state index is 13.7. The van der Waals surface area contributed by atoms with Crippen molar-refractivity contribution in [2.45, 2.75) is 43.0 Å². The lowest BCUT2D eigenvalue weighted by Gasteiger charge is -2.30. The van der Waals surface area contributed by atoms with Crippen LogP contribution in [0.4, 0.5) is 0 Å². The van der Waals surface area contributed by atoms with E-state index in [1.807, 2.05) is 25.3 Å². The van der Waals surface area contributed by atoms with Gasteiger partial charge in [-0.2, -0.15) is 8.61 Å². The lowest BCUT2D eigenvalue weighted by atomic mass is 10.2. The molecule has 0 unspecified atom stereocenters. The Morgan fingerprint density at radius 1 is 0.718 bits per heavy atom. The number of sulfonamides is 2. The minimum absolute atomic E-state index is 0.0566. The van der Waals surface area contributed by atoms with Crippen LogP contribution in [0.25, 0.3) is 0 Å². The van der Waals surface area contributed by atoms with Crippen LogP contribution in [0, 0.1) is 13.8 Å². The van der Waals surface area contributed by atoms with E-state index in [2.05, 4.69) is 17.5 Å². The number of nitrogens with zero attached hydrogens (tertiary/aromatic N) is 3. The van der Waals surface area contributed by atoms with Gasteiger partial charge in [-0.15, -0.1) is 11.3 Å². The summed E-state index contributed by atoms with van der Waals surface area (Å²) >= 11 is 1.69. The molecule has 0 amide bonds. The molecule has 1 saturated heterocycles. The van der Waals surface area contributed by atoms with E-state index < -0.39 is 20.0 Å². The Labute approximate surface area is 237 Å². The summed E-state index contributed by atoms with van der Waals surface area (Å²) in [6.07, 6.45) is 1.32. The average Bonchev–Trinajstić information content (AvgIpc) is 3.40. The fraction of sp³-hybridized carbons (Fsp3) is 0.379. The predicted octanol–water partition coefficient (Wildman–Crippen LogP) is 4.90. The van der Waals surface area contributed by atoms with Gasteiger partial charge in [-0.25, -0.2) is 16.8 Å². The normalized spacial score (nSPS) is 17.9. The highest BCUT2D eigenvalue weighted by atomic mass is 32.2. The second-order valence-electron chi connectivity index (χ2n) is 10.1. The zero-order valence-electron chi connectivity index (χ0n) is 22.6. The van der Waals surface area contributed by atoms with Crippen molar-refractivity contribution in [1.82, 2.24) is 13.5 Å². The van der Waals surface area contributed by atoms with Gasteiger partial charge in [0.25, 0.3) is 0 Å². The van der Waals surface area contributed by atoms with E-state index in [-0.39, 0.29) is 22.9 Å². The first-order chi connectivity index (χ1) is 18.6. The molecule has 3 aromatic rings. The highest BCUT2D eigenvalue weighted by molar-refractivity contribution is 7.89. The van der Waals surface area contributed by atoms with Gasteiger partial charge in [0.05, 0.1) is 9.79 Å². The van der Waals surface area contributed by atoms with Crippen LogP contribution in [0.3, 0.4) is 0 Å². The molecule has 0 atom stereocenters. The molecule has 0 aliphatic carbocycles. The number of hydrogen-bond donors (Lipinski definition) is 0. The summed E-state index contributed by atoms with van der Waals surface area (Å²) in [5.74, 6) is 0. The minimum Gasteiger partial charge on any atom is -0.298 e. The molecule has 2 heterocycles. The van der Waals surface area contributed by atoms with Crippen LogP contribution in [-0.2, 0) is 26.6 Å². The number of rotatable bonds is 6. The molecule has 0 spiro atoms. The molecule has 7 nitrogen and oxygen atoms in total. The molecule has 1 aliphatic heterocycles. The van der Waals surface area contributed by atoms with Gasteiger partial charge in [-0.1, -0.05) is 48.0 Å². The molecule has 1 fully saturated rings. The summed E-state index contributed by atoms with van der Waals surface area (Å²) in [4.78, 5) is 3.97. The van der Waals surface area contributed by atoms with Gasteiger partial charge < -0.3 is 0 Å². The van der Waals surface area contributed by atoms with Crippen LogP contribution >= 0.6 is 11.3 Å². The Hall–Kier alpha value is -2.34. The molecule has 0 bridgehead atoms. The molecule has 1 aromatic heterocycles. The van der Waals surface area contributed by atoms with Crippen LogP contribution < -0.4 is 0 Å². The van der Waals surface area contributed by atoms with Crippen LogP contribution in [0.2, 0.25) is 0 Å². The Bertz CT molecular complexity index is 1360. The van der Waals surface area contributed by atoms with E-state index in [1.54, 1.807) is 59.9 Å². The second-order valence-corrected chi connectivity index (χ2v) is 15.0. The van der Waals surface area contributed by atoms with Gasteiger partial charge in [0, 0.05) is 37.6 Å². The van der Waals surface area contributed by atoms with Crippen molar-refractivity contribution in [1.29, 1.82) is 0 Å². The molecule has 10 heteroatoms. The summed E-state index contributed by atoms with van der Waals surface area (Å²) in [7, 11) is -7.58. The van der Waals surface area contributed by atoms with E-state index in [0.29, 0.717) is 44.6 Å². The molecule has 0 radical (unpaired) electrons. The number of benzene rings is 2. The van der Waals surface area contributed by atoms with E-state index in [0.717, 1.165) is 17.7 Å². The zero-order chi connectivity index (χ0) is 28.0. The summed E-state index contributed by atoms with van der Waals surface area (Å²) < 4.78 is 57.6. The van der Waals surface area contributed by atoms with Crippen molar-refractivity contribution in [3.8, 4) is 0 Å². The van der Waals surface area contributed by atoms with E-state index in [4.69, 9.17) is 0 Å². The second kappa shape index (κ2) is 12.9. The third-order valence-electron chi connectivity index (χ3n) is 6.84. The van der Waals surface area contributed by atoms with E-state index >= 15 is 0 Å². The molecule has 0 N–H and O–H groups in total. The molecule has 39 heavy (non-hydrogen) atoms. The van der Waals surface area contributed by atoms with Crippen LogP contribution in [-0.4, -0.2) is 69.6 Å².